The van der Waals surface area contributed by atoms with Crippen LogP contribution >= 0.6 is 0 Å². The molecule has 0 saturated carbocycles. The average molecular weight is 831 g/mol. The molecular weight excluding hydrogens is 784 g/mol. The van der Waals surface area contributed by atoms with Crippen LogP contribution in [0.15, 0.2) is 200 Å². The van der Waals surface area contributed by atoms with Crippen molar-refractivity contribution in [3.63, 3.8) is 0 Å². The average Bonchev–Trinajstić information content (AvgIpc) is 3.71. The Morgan fingerprint density at radius 1 is 0.415 bits per heavy atom. The molecule has 0 atom stereocenters. The van der Waals surface area contributed by atoms with E-state index < -0.39 is 0 Å². The van der Waals surface area contributed by atoms with Gasteiger partial charge in [-0.25, -0.2) is 0 Å². The smallest absolute Gasteiger partial charge is 0.198 e. The van der Waals surface area contributed by atoms with Gasteiger partial charge in [-0.05, 0) is 131 Å². The Kier molecular flexibility index (Phi) is 8.13. The predicted octanol–water partition coefficient (Wildman–Crippen LogP) is 14.9. The summed E-state index contributed by atoms with van der Waals surface area (Å²) in [5, 5.41) is 8.86. The number of hydrogen-bond donors (Lipinski definition) is 1. The fraction of sp³-hybridized carbons (Fsp3) is 0.0968. The van der Waals surface area contributed by atoms with E-state index >= 15 is 0 Å². The van der Waals surface area contributed by atoms with Gasteiger partial charge in [0.05, 0.1) is 0 Å². The summed E-state index contributed by atoms with van der Waals surface area (Å²) in [6.45, 7) is 9.58. The molecular formula is C62H47BN2. The van der Waals surface area contributed by atoms with Gasteiger partial charge < -0.3 is 10.2 Å². The first-order valence-electron chi connectivity index (χ1n) is 23.0. The quantitative estimate of drug-likeness (QED) is 0.174. The molecule has 1 aliphatic heterocycles. The zero-order chi connectivity index (χ0) is 43.6. The molecule has 0 aromatic heterocycles. The standard InChI is InChI=1S/C62H47BN2/c1-61(2)52-24-14-12-22-46(52)48-31-30-44(35-54(48)61)65-58-37-55-49(47-23-13-15-25-53(47)62(55,3)4)36-56(58)63-59-51(33-42-20-10-11-21-45(42)60(59)65)50-32-40-18-8-9-19-41(40)34-57(50)64-43-28-26-39(27-29-43)38-16-6-5-7-17-38/h5-37,63-64H,1-4H3. The number of fused-ring (bicyclic) bond motifs is 11. The van der Waals surface area contributed by atoms with Crippen molar-refractivity contribution in [1.82, 2.24) is 0 Å². The minimum absolute atomic E-state index is 0.136. The Labute approximate surface area is 382 Å². The van der Waals surface area contributed by atoms with Gasteiger partial charge in [0.15, 0.2) is 7.28 Å². The van der Waals surface area contributed by atoms with Crippen molar-refractivity contribution in [2.24, 2.45) is 0 Å². The van der Waals surface area contributed by atoms with Crippen molar-refractivity contribution >= 4 is 68.2 Å². The van der Waals surface area contributed by atoms with Gasteiger partial charge in [-0.1, -0.05) is 185 Å². The van der Waals surface area contributed by atoms with Crippen LogP contribution in [0, 0.1) is 0 Å². The summed E-state index contributed by atoms with van der Waals surface area (Å²) >= 11 is 0. The number of rotatable bonds is 5. The normalized spacial score (nSPS) is 14.5. The van der Waals surface area contributed by atoms with E-state index in [4.69, 9.17) is 0 Å². The van der Waals surface area contributed by atoms with E-state index in [9.17, 15) is 0 Å². The minimum atomic E-state index is -0.139. The molecule has 1 heterocycles. The highest BCUT2D eigenvalue weighted by atomic mass is 15.2. The molecule has 0 radical (unpaired) electrons. The maximum atomic E-state index is 3.95. The van der Waals surface area contributed by atoms with Crippen LogP contribution in [0.2, 0.25) is 0 Å². The van der Waals surface area contributed by atoms with Gasteiger partial charge in [0, 0.05) is 50.2 Å². The lowest BCUT2D eigenvalue weighted by molar-refractivity contribution is 0.660. The number of benzene rings is 10. The first kappa shape index (κ1) is 37.9. The fourth-order valence-electron chi connectivity index (χ4n) is 11.7. The highest BCUT2D eigenvalue weighted by Gasteiger charge is 2.40. The molecule has 10 aromatic carbocycles. The number of nitrogens with one attached hydrogen (secondary N) is 1. The Morgan fingerprint density at radius 3 is 1.72 bits per heavy atom. The number of nitrogens with zero attached hydrogens (tertiary/aromatic N) is 1. The summed E-state index contributed by atoms with van der Waals surface area (Å²) in [6.07, 6.45) is 0. The van der Waals surface area contributed by atoms with Crippen molar-refractivity contribution in [3.8, 4) is 44.5 Å². The molecule has 308 valence electrons. The first-order valence-corrected chi connectivity index (χ1v) is 23.0. The Balaban J connectivity index is 1.06. The second-order valence-corrected chi connectivity index (χ2v) is 19.4. The molecule has 0 fully saturated rings. The fourth-order valence-corrected chi connectivity index (χ4v) is 11.7. The third-order valence-corrected chi connectivity index (χ3v) is 15.0. The van der Waals surface area contributed by atoms with Crippen molar-refractivity contribution < 1.29 is 0 Å². The largest absolute Gasteiger partial charge is 0.355 e. The molecule has 3 aliphatic rings. The van der Waals surface area contributed by atoms with Gasteiger partial charge >= 0.3 is 0 Å². The van der Waals surface area contributed by atoms with Crippen LogP contribution in [0.1, 0.15) is 49.9 Å². The van der Waals surface area contributed by atoms with Gasteiger partial charge in [-0.3, -0.25) is 0 Å². The Morgan fingerprint density at radius 2 is 0.985 bits per heavy atom. The third-order valence-electron chi connectivity index (χ3n) is 15.0. The molecule has 2 aliphatic carbocycles. The molecule has 65 heavy (non-hydrogen) atoms. The van der Waals surface area contributed by atoms with Crippen molar-refractivity contribution in [2.75, 3.05) is 10.2 Å². The monoisotopic (exact) mass is 830 g/mol. The van der Waals surface area contributed by atoms with Gasteiger partial charge in [-0.2, -0.15) is 0 Å². The summed E-state index contributed by atoms with van der Waals surface area (Å²) in [5.41, 5.74) is 24.1. The Bertz CT molecular complexity index is 3600. The molecule has 0 saturated heterocycles. The maximum Gasteiger partial charge on any atom is 0.198 e. The van der Waals surface area contributed by atoms with Crippen molar-refractivity contribution in [2.45, 2.75) is 38.5 Å². The van der Waals surface area contributed by atoms with Crippen LogP contribution in [-0.2, 0) is 10.8 Å². The summed E-state index contributed by atoms with van der Waals surface area (Å²) < 4.78 is 0. The lowest BCUT2D eigenvalue weighted by Gasteiger charge is -2.38. The molecule has 0 spiro atoms. The van der Waals surface area contributed by atoms with Crippen LogP contribution in [0.4, 0.5) is 28.4 Å². The second-order valence-electron chi connectivity index (χ2n) is 19.4. The highest BCUT2D eigenvalue weighted by molar-refractivity contribution is 6.74. The van der Waals surface area contributed by atoms with E-state index in [2.05, 4.69) is 238 Å². The van der Waals surface area contributed by atoms with Crippen molar-refractivity contribution in [1.29, 1.82) is 0 Å². The first-order chi connectivity index (χ1) is 31.7. The van der Waals surface area contributed by atoms with Crippen LogP contribution < -0.4 is 21.1 Å². The minimum Gasteiger partial charge on any atom is -0.355 e. The summed E-state index contributed by atoms with van der Waals surface area (Å²) in [7, 11) is 0.803. The molecule has 2 nitrogen and oxygen atoms in total. The second kappa shape index (κ2) is 13.9. The zero-order valence-electron chi connectivity index (χ0n) is 37.2. The van der Waals surface area contributed by atoms with E-state index in [1.807, 2.05) is 0 Å². The van der Waals surface area contributed by atoms with Crippen LogP contribution in [-0.4, -0.2) is 7.28 Å². The maximum absolute atomic E-state index is 3.95. The lowest BCUT2D eigenvalue weighted by Crippen LogP contribution is -2.41. The van der Waals surface area contributed by atoms with E-state index in [0.717, 1.165) is 18.7 Å². The summed E-state index contributed by atoms with van der Waals surface area (Å²) in [4.78, 5) is 2.63. The molecule has 13 rings (SSSR count). The van der Waals surface area contributed by atoms with E-state index in [1.54, 1.807) is 0 Å². The van der Waals surface area contributed by atoms with Gasteiger partial charge in [0.2, 0.25) is 0 Å². The molecule has 3 heteroatoms. The summed E-state index contributed by atoms with van der Waals surface area (Å²) in [5.74, 6) is 0. The predicted molar refractivity (Wildman–Crippen MR) is 278 cm³/mol. The SMILES string of the molecule is CC1(C)c2ccccc2-c2ccc(N3c4cc5c(cc4Bc4c(-c6cc7ccccc7cc6Nc6ccc(-c7ccccc7)cc6)cc6ccccc6c43)-c3ccccc3C5(C)C)cc21. The molecule has 0 unspecified atom stereocenters. The van der Waals surface area contributed by atoms with E-state index in [0.29, 0.717) is 0 Å². The van der Waals surface area contributed by atoms with Crippen molar-refractivity contribution in [3.05, 3.63) is 222 Å². The lowest BCUT2D eigenvalue weighted by atomic mass is 9.57. The van der Waals surface area contributed by atoms with Crippen LogP contribution in [0.3, 0.4) is 0 Å². The highest BCUT2D eigenvalue weighted by Crippen LogP contribution is 2.54. The number of anilines is 5. The third kappa shape index (κ3) is 5.68. The van der Waals surface area contributed by atoms with Gasteiger partial charge in [0.1, 0.15) is 0 Å². The Hall–Kier alpha value is -7.62. The summed E-state index contributed by atoms with van der Waals surface area (Å²) in [6, 6.07) is 74.9. The van der Waals surface area contributed by atoms with Gasteiger partial charge in [-0.15, -0.1) is 0 Å². The van der Waals surface area contributed by atoms with Crippen LogP contribution in [0.5, 0.6) is 0 Å². The van der Waals surface area contributed by atoms with Crippen LogP contribution in [0.25, 0.3) is 66.1 Å². The molecule has 10 aromatic rings. The zero-order valence-corrected chi connectivity index (χ0v) is 37.2. The van der Waals surface area contributed by atoms with E-state index in [-0.39, 0.29) is 10.8 Å². The number of hydrogen-bond acceptors (Lipinski definition) is 2. The van der Waals surface area contributed by atoms with Gasteiger partial charge in [0.25, 0.3) is 0 Å². The molecule has 0 bridgehead atoms. The van der Waals surface area contributed by atoms with E-state index in [1.165, 1.54) is 116 Å². The molecule has 1 N–H and O–H groups in total. The molecule has 0 amide bonds. The topological polar surface area (TPSA) is 15.3 Å².